The lowest BCUT2D eigenvalue weighted by Crippen LogP contribution is -2.23. The standard InChI is InChI=1S/C5H8N4O/c1-9-3-2-4(5(9)10)7-8-6/h4H,2-3H2,1H3. The van der Waals surface area contributed by atoms with E-state index in [-0.39, 0.29) is 5.91 Å². The summed E-state index contributed by atoms with van der Waals surface area (Å²) in [5.41, 5.74) is 8.02. The van der Waals surface area contributed by atoms with Crippen LogP contribution in [-0.4, -0.2) is 30.4 Å². The first kappa shape index (κ1) is 6.89. The lowest BCUT2D eigenvalue weighted by atomic mass is 10.3. The Labute approximate surface area is 58.2 Å². The van der Waals surface area contributed by atoms with Gasteiger partial charge in [-0.3, -0.25) is 4.79 Å². The molecular formula is C5H8N4O. The topological polar surface area (TPSA) is 69.1 Å². The van der Waals surface area contributed by atoms with Gasteiger partial charge < -0.3 is 4.90 Å². The van der Waals surface area contributed by atoms with Crippen LogP contribution in [0.3, 0.4) is 0 Å². The van der Waals surface area contributed by atoms with E-state index in [4.69, 9.17) is 5.53 Å². The summed E-state index contributed by atoms with van der Waals surface area (Å²) in [6.45, 7) is 0.697. The summed E-state index contributed by atoms with van der Waals surface area (Å²) in [5, 5.41) is 3.34. The van der Waals surface area contributed by atoms with Gasteiger partial charge in [0.1, 0.15) is 6.04 Å². The highest BCUT2D eigenvalue weighted by molar-refractivity contribution is 5.83. The summed E-state index contributed by atoms with van der Waals surface area (Å²) in [7, 11) is 1.70. The normalized spacial score (nSPS) is 24.7. The molecule has 5 heteroatoms. The third-order valence-corrected chi connectivity index (χ3v) is 1.59. The van der Waals surface area contributed by atoms with Crippen LogP contribution in [0.1, 0.15) is 6.42 Å². The van der Waals surface area contributed by atoms with Gasteiger partial charge in [0, 0.05) is 18.5 Å². The maximum Gasteiger partial charge on any atom is 0.231 e. The summed E-state index contributed by atoms with van der Waals surface area (Å²) in [5.74, 6) is -0.0715. The van der Waals surface area contributed by atoms with Crippen molar-refractivity contribution >= 4 is 5.91 Å². The van der Waals surface area contributed by atoms with Crippen molar-refractivity contribution in [1.82, 2.24) is 4.90 Å². The zero-order valence-corrected chi connectivity index (χ0v) is 5.69. The van der Waals surface area contributed by atoms with E-state index in [2.05, 4.69) is 10.0 Å². The predicted molar refractivity (Wildman–Crippen MR) is 35.2 cm³/mol. The van der Waals surface area contributed by atoms with Crippen LogP contribution in [0.5, 0.6) is 0 Å². The average molecular weight is 140 g/mol. The van der Waals surface area contributed by atoms with Gasteiger partial charge in [0.05, 0.1) is 0 Å². The number of likely N-dealkylation sites (N-methyl/N-ethyl adjacent to an activating group) is 1. The minimum atomic E-state index is -0.449. The number of carbonyl (C=O) groups excluding carboxylic acids is 1. The minimum absolute atomic E-state index is 0.0715. The molecule has 0 aliphatic carbocycles. The number of amides is 1. The highest BCUT2D eigenvalue weighted by Gasteiger charge is 2.27. The van der Waals surface area contributed by atoms with E-state index in [1.807, 2.05) is 0 Å². The lowest BCUT2D eigenvalue weighted by Gasteiger charge is -2.05. The molecule has 0 radical (unpaired) electrons. The van der Waals surface area contributed by atoms with E-state index in [0.29, 0.717) is 13.0 Å². The number of hydrogen-bond donors (Lipinski definition) is 0. The second-order valence-electron chi connectivity index (χ2n) is 2.27. The highest BCUT2D eigenvalue weighted by Crippen LogP contribution is 2.11. The third-order valence-electron chi connectivity index (χ3n) is 1.59. The molecule has 0 N–H and O–H groups in total. The Hall–Kier alpha value is -1.22. The molecule has 1 heterocycles. The van der Waals surface area contributed by atoms with Gasteiger partial charge in [0.15, 0.2) is 0 Å². The number of carbonyl (C=O) groups is 1. The SMILES string of the molecule is CN1CCC(N=[N+]=[N-])C1=O. The first-order valence-electron chi connectivity index (χ1n) is 3.05. The molecule has 0 aromatic carbocycles. The van der Waals surface area contributed by atoms with Crippen molar-refractivity contribution < 1.29 is 4.79 Å². The van der Waals surface area contributed by atoms with E-state index in [1.54, 1.807) is 11.9 Å². The largest absolute Gasteiger partial charge is 0.345 e. The maximum absolute atomic E-state index is 11.0. The monoisotopic (exact) mass is 140 g/mol. The van der Waals surface area contributed by atoms with Crippen molar-refractivity contribution in [2.24, 2.45) is 5.11 Å². The van der Waals surface area contributed by atoms with Crippen molar-refractivity contribution in [1.29, 1.82) is 0 Å². The van der Waals surface area contributed by atoms with Gasteiger partial charge in [0.2, 0.25) is 5.91 Å². The first-order valence-corrected chi connectivity index (χ1v) is 3.05. The van der Waals surface area contributed by atoms with Gasteiger partial charge >= 0.3 is 0 Å². The van der Waals surface area contributed by atoms with Crippen molar-refractivity contribution in [3.8, 4) is 0 Å². The fourth-order valence-corrected chi connectivity index (χ4v) is 0.973. The van der Waals surface area contributed by atoms with Crippen molar-refractivity contribution in [2.45, 2.75) is 12.5 Å². The van der Waals surface area contributed by atoms with Crippen LogP contribution in [0.2, 0.25) is 0 Å². The average Bonchev–Trinajstić information content (AvgIpc) is 2.20. The molecule has 1 atom stereocenters. The van der Waals surface area contributed by atoms with E-state index >= 15 is 0 Å². The van der Waals surface area contributed by atoms with E-state index < -0.39 is 6.04 Å². The van der Waals surface area contributed by atoms with Crippen LogP contribution in [0.25, 0.3) is 10.4 Å². The number of azide groups is 1. The molecule has 1 amide bonds. The maximum atomic E-state index is 11.0. The van der Waals surface area contributed by atoms with Crippen molar-refractivity contribution in [2.75, 3.05) is 13.6 Å². The molecule has 1 saturated heterocycles. The van der Waals surface area contributed by atoms with Crippen LogP contribution < -0.4 is 0 Å². The van der Waals surface area contributed by atoms with E-state index in [1.165, 1.54) is 0 Å². The summed E-state index contributed by atoms with van der Waals surface area (Å²) in [6, 6.07) is -0.449. The van der Waals surface area contributed by atoms with E-state index in [0.717, 1.165) is 0 Å². The number of rotatable bonds is 1. The highest BCUT2D eigenvalue weighted by atomic mass is 16.2. The molecular weight excluding hydrogens is 132 g/mol. The van der Waals surface area contributed by atoms with Crippen LogP contribution >= 0.6 is 0 Å². The molecule has 1 unspecified atom stereocenters. The summed E-state index contributed by atoms with van der Waals surface area (Å²) < 4.78 is 0. The molecule has 1 aliphatic heterocycles. The summed E-state index contributed by atoms with van der Waals surface area (Å²) in [4.78, 5) is 15.1. The Morgan fingerprint density at radius 3 is 3.00 bits per heavy atom. The van der Waals surface area contributed by atoms with Crippen LogP contribution in [0.15, 0.2) is 5.11 Å². The molecule has 0 saturated carbocycles. The fraction of sp³-hybridized carbons (Fsp3) is 0.800. The number of nitrogens with zero attached hydrogens (tertiary/aromatic N) is 4. The van der Waals surface area contributed by atoms with Gasteiger partial charge in [-0.25, -0.2) is 0 Å². The molecule has 0 spiro atoms. The predicted octanol–water partition coefficient (Wildman–Crippen LogP) is 0.527. The number of likely N-dealkylation sites (tertiary alicyclic amines) is 1. The second-order valence-corrected chi connectivity index (χ2v) is 2.27. The Balaban J connectivity index is 2.66. The molecule has 0 aromatic heterocycles. The Morgan fingerprint density at radius 1 is 1.90 bits per heavy atom. The molecule has 54 valence electrons. The fourth-order valence-electron chi connectivity index (χ4n) is 0.973. The van der Waals surface area contributed by atoms with Gasteiger partial charge in [-0.15, -0.1) is 0 Å². The third kappa shape index (κ3) is 1.04. The lowest BCUT2D eigenvalue weighted by molar-refractivity contribution is -0.127. The Kier molecular flexibility index (Phi) is 1.78. The zero-order valence-electron chi connectivity index (χ0n) is 5.69. The van der Waals surface area contributed by atoms with Crippen molar-refractivity contribution in [3.05, 3.63) is 10.4 Å². The van der Waals surface area contributed by atoms with Gasteiger partial charge in [-0.2, -0.15) is 0 Å². The van der Waals surface area contributed by atoms with Gasteiger partial charge in [-0.05, 0) is 12.0 Å². The van der Waals surface area contributed by atoms with Crippen LogP contribution in [-0.2, 0) is 4.79 Å². The Bertz CT molecular complexity index is 196. The van der Waals surface area contributed by atoms with Gasteiger partial charge in [-0.1, -0.05) is 5.11 Å². The molecule has 1 fully saturated rings. The molecule has 5 nitrogen and oxygen atoms in total. The molecule has 1 aliphatic rings. The van der Waals surface area contributed by atoms with Gasteiger partial charge in [0.25, 0.3) is 0 Å². The smallest absolute Gasteiger partial charge is 0.231 e. The quantitative estimate of drug-likeness (QED) is 0.297. The summed E-state index contributed by atoms with van der Waals surface area (Å²) in [6.07, 6.45) is 0.652. The number of hydrogen-bond acceptors (Lipinski definition) is 2. The van der Waals surface area contributed by atoms with Crippen LogP contribution in [0.4, 0.5) is 0 Å². The Morgan fingerprint density at radius 2 is 2.60 bits per heavy atom. The first-order chi connectivity index (χ1) is 4.75. The molecule has 10 heavy (non-hydrogen) atoms. The zero-order chi connectivity index (χ0) is 7.56. The molecule has 1 rings (SSSR count). The molecule has 0 aromatic rings. The van der Waals surface area contributed by atoms with Crippen molar-refractivity contribution in [3.63, 3.8) is 0 Å². The molecule has 0 bridgehead atoms. The summed E-state index contributed by atoms with van der Waals surface area (Å²) >= 11 is 0. The minimum Gasteiger partial charge on any atom is -0.345 e. The second kappa shape index (κ2) is 2.58. The van der Waals surface area contributed by atoms with Crippen LogP contribution in [0, 0.1) is 0 Å². The van der Waals surface area contributed by atoms with E-state index in [9.17, 15) is 4.79 Å².